The summed E-state index contributed by atoms with van der Waals surface area (Å²) in [5.41, 5.74) is 0.163. The number of rotatable bonds is 6. The highest BCUT2D eigenvalue weighted by Gasteiger charge is 2.36. The Morgan fingerprint density at radius 1 is 1.44 bits per heavy atom. The molecular formula is C13H25NO2. The molecule has 1 saturated carbocycles. The summed E-state index contributed by atoms with van der Waals surface area (Å²) in [7, 11) is 2.08. The fourth-order valence-electron chi connectivity index (χ4n) is 2.84. The van der Waals surface area contributed by atoms with Crippen LogP contribution in [0, 0.1) is 5.92 Å². The minimum absolute atomic E-state index is 0.163. The van der Waals surface area contributed by atoms with Gasteiger partial charge >= 0.3 is 0 Å². The van der Waals surface area contributed by atoms with Crippen molar-refractivity contribution in [3.63, 3.8) is 0 Å². The van der Waals surface area contributed by atoms with Gasteiger partial charge in [0.15, 0.2) is 0 Å². The van der Waals surface area contributed by atoms with Crippen molar-refractivity contribution in [2.24, 2.45) is 5.92 Å². The first-order valence-electron chi connectivity index (χ1n) is 6.40. The third-order valence-electron chi connectivity index (χ3n) is 4.18. The van der Waals surface area contributed by atoms with Gasteiger partial charge in [-0.15, -0.1) is 0 Å². The Balaban J connectivity index is 2.63. The van der Waals surface area contributed by atoms with Crippen LogP contribution in [0.25, 0.3) is 0 Å². The van der Waals surface area contributed by atoms with Gasteiger partial charge in [-0.25, -0.2) is 0 Å². The second kappa shape index (κ2) is 6.36. The van der Waals surface area contributed by atoms with E-state index in [2.05, 4.69) is 18.9 Å². The van der Waals surface area contributed by atoms with Gasteiger partial charge in [-0.1, -0.05) is 6.92 Å². The summed E-state index contributed by atoms with van der Waals surface area (Å²) < 4.78 is 0. The molecule has 1 aliphatic rings. The molecule has 3 heteroatoms. The van der Waals surface area contributed by atoms with Crippen LogP contribution in [-0.4, -0.2) is 42.0 Å². The number of carbonyl (C=O) groups excluding carboxylic acids is 1. The van der Waals surface area contributed by atoms with Gasteiger partial charge in [0.05, 0.1) is 6.61 Å². The van der Waals surface area contributed by atoms with E-state index in [9.17, 15) is 4.79 Å². The van der Waals surface area contributed by atoms with E-state index in [1.807, 2.05) is 0 Å². The third-order valence-corrected chi connectivity index (χ3v) is 4.18. The number of nitrogens with zero attached hydrogens (tertiary/aromatic N) is 1. The minimum atomic E-state index is 0.163. The SMILES string of the molecule is CC1CCC(CCC=O)(N(C)CCO)CC1. The normalized spacial score (nSPS) is 30.6. The zero-order chi connectivity index (χ0) is 12.0. The molecule has 1 fully saturated rings. The van der Waals surface area contributed by atoms with Gasteiger partial charge in [0.1, 0.15) is 6.29 Å². The van der Waals surface area contributed by atoms with Crippen molar-refractivity contribution >= 4 is 6.29 Å². The fourth-order valence-corrected chi connectivity index (χ4v) is 2.84. The van der Waals surface area contributed by atoms with Crippen molar-refractivity contribution in [3.8, 4) is 0 Å². The smallest absolute Gasteiger partial charge is 0.120 e. The molecule has 1 rings (SSSR count). The van der Waals surface area contributed by atoms with Gasteiger partial charge < -0.3 is 9.90 Å². The van der Waals surface area contributed by atoms with Crippen molar-refractivity contribution in [1.82, 2.24) is 4.90 Å². The van der Waals surface area contributed by atoms with Crippen LogP contribution >= 0.6 is 0 Å². The topological polar surface area (TPSA) is 40.5 Å². The number of β-amino-alcohol motifs (C(OH)–C–C–N with tert-alkyl or cyclic N) is 1. The number of aliphatic hydroxyl groups excluding tert-OH is 1. The van der Waals surface area contributed by atoms with E-state index in [4.69, 9.17) is 5.11 Å². The zero-order valence-corrected chi connectivity index (χ0v) is 10.6. The number of aldehydes is 1. The summed E-state index contributed by atoms with van der Waals surface area (Å²) in [5, 5.41) is 9.05. The van der Waals surface area contributed by atoms with E-state index in [1.54, 1.807) is 0 Å². The van der Waals surface area contributed by atoms with Crippen LogP contribution in [0.2, 0.25) is 0 Å². The molecule has 0 bridgehead atoms. The summed E-state index contributed by atoms with van der Waals surface area (Å²) in [5.74, 6) is 0.812. The Labute approximate surface area is 98.8 Å². The average Bonchev–Trinajstić information content (AvgIpc) is 2.29. The van der Waals surface area contributed by atoms with E-state index < -0.39 is 0 Å². The number of carbonyl (C=O) groups is 1. The highest BCUT2D eigenvalue weighted by Crippen LogP contribution is 2.38. The molecule has 0 amide bonds. The van der Waals surface area contributed by atoms with E-state index in [-0.39, 0.29) is 12.1 Å². The molecule has 0 aromatic heterocycles. The van der Waals surface area contributed by atoms with E-state index >= 15 is 0 Å². The second-order valence-corrected chi connectivity index (χ2v) is 5.26. The maximum atomic E-state index is 10.6. The molecule has 0 saturated heterocycles. The first-order valence-corrected chi connectivity index (χ1v) is 6.40. The van der Waals surface area contributed by atoms with Crippen LogP contribution in [-0.2, 0) is 4.79 Å². The largest absolute Gasteiger partial charge is 0.395 e. The van der Waals surface area contributed by atoms with Crippen molar-refractivity contribution in [3.05, 3.63) is 0 Å². The average molecular weight is 227 g/mol. The Kier molecular flexibility index (Phi) is 5.42. The summed E-state index contributed by atoms with van der Waals surface area (Å²) in [6, 6.07) is 0. The first kappa shape index (κ1) is 13.7. The first-order chi connectivity index (χ1) is 7.64. The van der Waals surface area contributed by atoms with E-state index in [0.29, 0.717) is 13.0 Å². The lowest BCUT2D eigenvalue weighted by molar-refractivity contribution is -0.108. The van der Waals surface area contributed by atoms with Crippen LogP contribution in [0.3, 0.4) is 0 Å². The lowest BCUT2D eigenvalue weighted by atomic mass is 9.74. The van der Waals surface area contributed by atoms with Gasteiger partial charge in [-0.2, -0.15) is 0 Å². The summed E-state index contributed by atoms with van der Waals surface area (Å²) >= 11 is 0. The molecule has 0 unspecified atom stereocenters. The lowest BCUT2D eigenvalue weighted by Gasteiger charge is -2.46. The monoisotopic (exact) mass is 227 g/mol. The highest BCUT2D eigenvalue weighted by atomic mass is 16.3. The molecule has 0 aromatic carbocycles. The maximum Gasteiger partial charge on any atom is 0.120 e. The van der Waals surface area contributed by atoms with E-state index in [0.717, 1.165) is 18.6 Å². The van der Waals surface area contributed by atoms with E-state index in [1.165, 1.54) is 25.7 Å². The number of hydrogen-bond donors (Lipinski definition) is 1. The van der Waals surface area contributed by atoms with Gasteiger partial charge in [0.25, 0.3) is 0 Å². The van der Waals surface area contributed by atoms with Gasteiger partial charge in [0, 0.05) is 18.5 Å². The van der Waals surface area contributed by atoms with Crippen LogP contribution in [0.5, 0.6) is 0 Å². The molecule has 0 radical (unpaired) electrons. The Hall–Kier alpha value is -0.410. The van der Waals surface area contributed by atoms with Gasteiger partial charge in [0.2, 0.25) is 0 Å². The third kappa shape index (κ3) is 3.29. The number of likely N-dealkylation sites (N-methyl/N-ethyl adjacent to an activating group) is 1. The molecule has 16 heavy (non-hydrogen) atoms. The number of aliphatic hydroxyl groups is 1. The molecule has 94 valence electrons. The lowest BCUT2D eigenvalue weighted by Crippen LogP contribution is -2.49. The molecule has 0 aromatic rings. The van der Waals surface area contributed by atoms with Crippen molar-refractivity contribution in [2.45, 2.75) is 51.0 Å². The Morgan fingerprint density at radius 3 is 2.56 bits per heavy atom. The molecule has 0 atom stereocenters. The molecular weight excluding hydrogens is 202 g/mol. The summed E-state index contributed by atoms with van der Waals surface area (Å²) in [6.45, 7) is 3.22. The molecule has 0 heterocycles. The Bertz CT molecular complexity index is 210. The maximum absolute atomic E-state index is 10.6. The standard InChI is InChI=1S/C13H25NO2/c1-12-4-7-13(8-5-12,6-3-10-15)14(2)9-11-16/h10,12,16H,3-9,11H2,1-2H3. The second-order valence-electron chi connectivity index (χ2n) is 5.26. The molecule has 1 N–H and O–H groups in total. The number of hydrogen-bond acceptors (Lipinski definition) is 3. The minimum Gasteiger partial charge on any atom is -0.395 e. The van der Waals surface area contributed by atoms with Gasteiger partial charge in [-0.05, 0) is 45.1 Å². The van der Waals surface area contributed by atoms with Crippen LogP contribution in [0.15, 0.2) is 0 Å². The van der Waals surface area contributed by atoms with Crippen molar-refractivity contribution in [2.75, 3.05) is 20.2 Å². The predicted octanol–water partition coefficient (Wildman–Crippen LogP) is 1.84. The van der Waals surface area contributed by atoms with Crippen LogP contribution < -0.4 is 0 Å². The molecule has 1 aliphatic carbocycles. The van der Waals surface area contributed by atoms with Crippen LogP contribution in [0.4, 0.5) is 0 Å². The molecule has 0 aliphatic heterocycles. The van der Waals surface area contributed by atoms with Gasteiger partial charge in [-0.3, -0.25) is 4.90 Å². The predicted molar refractivity (Wildman–Crippen MR) is 65.4 cm³/mol. The van der Waals surface area contributed by atoms with Crippen LogP contribution in [0.1, 0.15) is 45.4 Å². The summed E-state index contributed by atoms with van der Waals surface area (Å²) in [6.07, 6.45) is 7.43. The zero-order valence-electron chi connectivity index (χ0n) is 10.6. The fraction of sp³-hybridized carbons (Fsp3) is 0.923. The molecule has 0 spiro atoms. The molecule has 3 nitrogen and oxygen atoms in total. The van der Waals surface area contributed by atoms with Crippen molar-refractivity contribution in [1.29, 1.82) is 0 Å². The highest BCUT2D eigenvalue weighted by molar-refractivity contribution is 5.49. The summed E-state index contributed by atoms with van der Waals surface area (Å²) in [4.78, 5) is 12.8. The Morgan fingerprint density at radius 2 is 2.06 bits per heavy atom. The van der Waals surface area contributed by atoms with Crippen molar-refractivity contribution < 1.29 is 9.90 Å². The quantitative estimate of drug-likeness (QED) is 0.704.